The lowest BCUT2D eigenvalue weighted by Gasteiger charge is -2.19. The van der Waals surface area contributed by atoms with Gasteiger partial charge in [-0.2, -0.15) is 0 Å². The van der Waals surface area contributed by atoms with E-state index >= 15 is 0 Å². The van der Waals surface area contributed by atoms with Crippen molar-refractivity contribution in [1.82, 2.24) is 0 Å². The van der Waals surface area contributed by atoms with Crippen LogP contribution in [-0.2, 0) is 32.7 Å². The van der Waals surface area contributed by atoms with Crippen molar-refractivity contribution in [3.8, 4) is 0 Å². The molecule has 0 aromatic carbocycles. The third kappa shape index (κ3) is 53.2. The molecule has 0 aromatic heterocycles. The Kier molecular flexibility index (Phi) is 51.7. The zero-order valence-corrected chi connectivity index (χ0v) is 44.5. The van der Waals surface area contributed by atoms with Crippen LogP contribution in [0.4, 0.5) is 0 Å². The number of rotatable bonds is 53. The van der Waals surface area contributed by atoms with Crippen molar-refractivity contribution in [1.29, 1.82) is 0 Å². The van der Waals surface area contributed by atoms with Crippen LogP contribution in [0.15, 0.2) is 48.6 Å². The van der Waals surface area contributed by atoms with Crippen molar-refractivity contribution in [2.24, 2.45) is 5.73 Å². The molecule has 0 amide bonds. The van der Waals surface area contributed by atoms with Gasteiger partial charge in [-0.3, -0.25) is 18.6 Å². The molecule has 0 bridgehead atoms. The fourth-order valence-corrected chi connectivity index (χ4v) is 8.87. The molecule has 0 aliphatic carbocycles. The molecule has 0 rings (SSSR count). The summed E-state index contributed by atoms with van der Waals surface area (Å²) in [5.41, 5.74) is 5.38. The molecule has 67 heavy (non-hydrogen) atoms. The van der Waals surface area contributed by atoms with Gasteiger partial charge in [0.2, 0.25) is 0 Å². The Morgan fingerprint density at radius 2 is 0.821 bits per heavy atom. The predicted molar refractivity (Wildman–Crippen MR) is 284 cm³/mol. The van der Waals surface area contributed by atoms with Crippen LogP contribution >= 0.6 is 7.82 Å². The Hall–Kier alpha value is -2.03. The molecule has 0 saturated heterocycles. The van der Waals surface area contributed by atoms with Crippen molar-refractivity contribution in [2.45, 2.75) is 277 Å². The zero-order valence-electron chi connectivity index (χ0n) is 43.6. The van der Waals surface area contributed by atoms with Gasteiger partial charge in [-0.25, -0.2) is 4.57 Å². The van der Waals surface area contributed by atoms with Gasteiger partial charge in [-0.05, 0) is 51.4 Å². The fraction of sp³-hybridized carbons (Fsp3) is 0.825. The van der Waals surface area contributed by atoms with Gasteiger partial charge in [-0.15, -0.1) is 0 Å². The van der Waals surface area contributed by atoms with Crippen LogP contribution < -0.4 is 5.73 Å². The average Bonchev–Trinajstić information content (AvgIpc) is 3.32. The van der Waals surface area contributed by atoms with Gasteiger partial charge in [0.1, 0.15) is 6.61 Å². The highest BCUT2D eigenvalue weighted by atomic mass is 31.2. The van der Waals surface area contributed by atoms with E-state index in [0.717, 1.165) is 64.2 Å². The van der Waals surface area contributed by atoms with Gasteiger partial charge in [0, 0.05) is 19.4 Å². The van der Waals surface area contributed by atoms with E-state index < -0.39 is 26.5 Å². The van der Waals surface area contributed by atoms with Crippen molar-refractivity contribution in [3.05, 3.63) is 48.6 Å². The highest BCUT2D eigenvalue weighted by Gasteiger charge is 2.26. The van der Waals surface area contributed by atoms with E-state index in [0.29, 0.717) is 6.42 Å². The second-order valence-electron chi connectivity index (χ2n) is 18.8. The molecule has 0 spiro atoms. The quantitative estimate of drug-likeness (QED) is 0.0264. The second-order valence-corrected chi connectivity index (χ2v) is 20.2. The smallest absolute Gasteiger partial charge is 0.462 e. The number of carbonyl (C=O) groups is 2. The highest BCUT2D eigenvalue weighted by Crippen LogP contribution is 2.43. The maximum Gasteiger partial charge on any atom is 0.472 e. The standard InChI is InChI=1S/C57H106NO8P/c1-3-5-7-9-11-13-15-17-19-21-22-23-24-25-26-27-28-29-30-31-32-34-36-38-40-42-44-46-48-50-57(60)66-55(54-65-67(61,62)64-52-51-58)53-63-56(59)49-47-45-43-41-39-37-35-33-20-18-16-14-12-10-8-6-4-2/h5,7,11,13,17,19,22-23,55H,3-4,6,8-10,12,14-16,18,20-21,24-54,58H2,1-2H3,(H,61,62)/b7-5-,13-11-,19-17-,23-22-. The van der Waals surface area contributed by atoms with Gasteiger partial charge < -0.3 is 20.1 Å². The first-order chi connectivity index (χ1) is 32.8. The summed E-state index contributed by atoms with van der Waals surface area (Å²) >= 11 is 0. The summed E-state index contributed by atoms with van der Waals surface area (Å²) in [7, 11) is -4.38. The van der Waals surface area contributed by atoms with Crippen molar-refractivity contribution in [3.63, 3.8) is 0 Å². The summed E-state index contributed by atoms with van der Waals surface area (Å²) in [5, 5.41) is 0. The normalized spacial score (nSPS) is 13.4. The van der Waals surface area contributed by atoms with E-state index in [1.165, 1.54) is 173 Å². The Morgan fingerprint density at radius 1 is 0.463 bits per heavy atom. The molecule has 0 saturated carbocycles. The number of hydrogen-bond donors (Lipinski definition) is 2. The Bertz CT molecular complexity index is 1240. The Morgan fingerprint density at radius 3 is 1.22 bits per heavy atom. The van der Waals surface area contributed by atoms with E-state index in [-0.39, 0.29) is 38.6 Å². The third-order valence-corrected chi connectivity index (χ3v) is 13.2. The topological polar surface area (TPSA) is 134 Å². The minimum atomic E-state index is -4.38. The van der Waals surface area contributed by atoms with Gasteiger partial charge in [0.25, 0.3) is 0 Å². The van der Waals surface area contributed by atoms with Gasteiger partial charge in [0.15, 0.2) is 6.10 Å². The van der Waals surface area contributed by atoms with Crippen LogP contribution in [0.25, 0.3) is 0 Å². The van der Waals surface area contributed by atoms with E-state index in [4.69, 9.17) is 24.3 Å². The fourth-order valence-electron chi connectivity index (χ4n) is 8.10. The molecule has 392 valence electrons. The molecule has 0 fully saturated rings. The first-order valence-electron chi connectivity index (χ1n) is 28.1. The number of allylic oxidation sites excluding steroid dienone is 8. The highest BCUT2D eigenvalue weighted by molar-refractivity contribution is 7.47. The van der Waals surface area contributed by atoms with Crippen LogP contribution in [0.1, 0.15) is 271 Å². The van der Waals surface area contributed by atoms with Gasteiger partial charge >= 0.3 is 19.8 Å². The molecule has 10 heteroatoms. The number of esters is 2. The molecule has 0 aliphatic rings. The van der Waals surface area contributed by atoms with Crippen LogP contribution in [0.2, 0.25) is 0 Å². The summed E-state index contributed by atoms with van der Waals surface area (Å²) in [4.78, 5) is 35.1. The molecule has 0 heterocycles. The lowest BCUT2D eigenvalue weighted by Crippen LogP contribution is -2.29. The van der Waals surface area contributed by atoms with E-state index in [1.807, 2.05) is 0 Å². The molecule has 2 unspecified atom stereocenters. The number of hydrogen-bond acceptors (Lipinski definition) is 8. The molecular weight excluding hydrogens is 858 g/mol. The summed E-state index contributed by atoms with van der Waals surface area (Å²) in [5.74, 6) is -0.814. The minimum Gasteiger partial charge on any atom is -0.462 e. The van der Waals surface area contributed by atoms with E-state index in [2.05, 4.69) is 62.5 Å². The SMILES string of the molecule is CC/C=C\C/C=C\C/C=C\C/C=C\CCCCCCCCCCCCCCCCCCC(=O)OC(COC(=O)CCCCCCCCCCCCCCCCCCC)COP(=O)(O)OCCN. The maximum absolute atomic E-state index is 12.7. The van der Waals surface area contributed by atoms with Crippen molar-refractivity contribution in [2.75, 3.05) is 26.4 Å². The van der Waals surface area contributed by atoms with Crippen molar-refractivity contribution >= 4 is 19.8 Å². The van der Waals surface area contributed by atoms with E-state index in [1.54, 1.807) is 0 Å². The summed E-state index contributed by atoms with van der Waals surface area (Å²) in [6.45, 7) is 3.67. The molecule has 0 aliphatic heterocycles. The third-order valence-electron chi connectivity index (χ3n) is 12.2. The van der Waals surface area contributed by atoms with Gasteiger partial charge in [0.05, 0.1) is 13.2 Å². The van der Waals surface area contributed by atoms with Crippen LogP contribution in [0.5, 0.6) is 0 Å². The second kappa shape index (κ2) is 53.3. The van der Waals surface area contributed by atoms with Crippen LogP contribution in [-0.4, -0.2) is 49.3 Å². The first-order valence-corrected chi connectivity index (χ1v) is 29.6. The van der Waals surface area contributed by atoms with Crippen LogP contribution in [0, 0.1) is 0 Å². The van der Waals surface area contributed by atoms with E-state index in [9.17, 15) is 19.0 Å². The summed E-state index contributed by atoms with van der Waals surface area (Å²) in [6, 6.07) is 0. The zero-order chi connectivity index (χ0) is 48.8. The number of ether oxygens (including phenoxy) is 2. The molecule has 3 N–H and O–H groups in total. The molecule has 9 nitrogen and oxygen atoms in total. The number of unbranched alkanes of at least 4 members (excludes halogenated alkanes) is 32. The lowest BCUT2D eigenvalue weighted by atomic mass is 10.0. The van der Waals surface area contributed by atoms with Gasteiger partial charge in [-0.1, -0.05) is 255 Å². The Labute approximate surface area is 413 Å². The monoisotopic (exact) mass is 964 g/mol. The molecule has 0 aromatic rings. The van der Waals surface area contributed by atoms with Crippen LogP contribution in [0.3, 0.4) is 0 Å². The number of nitrogens with two attached hydrogens (primary N) is 1. The minimum absolute atomic E-state index is 0.0548. The molecule has 2 atom stereocenters. The number of phosphoric acid groups is 1. The molecular formula is C57H106NO8P. The number of carbonyl (C=O) groups excluding carboxylic acids is 2. The first kappa shape index (κ1) is 65.0. The maximum atomic E-state index is 12.7. The largest absolute Gasteiger partial charge is 0.472 e. The summed E-state index contributed by atoms with van der Waals surface area (Å²) in [6.07, 6.45) is 64.5. The summed E-state index contributed by atoms with van der Waals surface area (Å²) < 4.78 is 33.0. The molecule has 0 radical (unpaired) electrons. The lowest BCUT2D eigenvalue weighted by molar-refractivity contribution is -0.161. The predicted octanol–water partition coefficient (Wildman–Crippen LogP) is 17.4. The Balaban J connectivity index is 3.93. The van der Waals surface area contributed by atoms with Crippen molar-refractivity contribution < 1.29 is 37.6 Å². The average molecular weight is 964 g/mol. The number of phosphoric ester groups is 1.